The standard InChI is InChI=1S/C13H17ClO3/c1-4-17-12-6-8(2)10(5-9(12)3)11(14)7-13(15)16/h5-6,11H,4,7H2,1-3H3,(H,15,16). The number of hydrogen-bond donors (Lipinski definition) is 1. The highest BCUT2D eigenvalue weighted by Gasteiger charge is 2.16. The van der Waals surface area contributed by atoms with Crippen LogP contribution in [-0.2, 0) is 4.79 Å². The van der Waals surface area contributed by atoms with Crippen molar-refractivity contribution >= 4 is 17.6 Å². The van der Waals surface area contributed by atoms with Crippen molar-refractivity contribution < 1.29 is 14.6 Å². The Morgan fingerprint density at radius 2 is 2.06 bits per heavy atom. The van der Waals surface area contributed by atoms with Crippen LogP contribution in [0.15, 0.2) is 12.1 Å². The highest BCUT2D eigenvalue weighted by molar-refractivity contribution is 6.21. The predicted octanol–water partition coefficient (Wildman–Crippen LogP) is 3.46. The molecular formula is C13H17ClO3. The molecule has 0 aliphatic rings. The van der Waals surface area contributed by atoms with Gasteiger partial charge < -0.3 is 9.84 Å². The van der Waals surface area contributed by atoms with Gasteiger partial charge in [0.05, 0.1) is 18.4 Å². The lowest BCUT2D eigenvalue weighted by Gasteiger charge is -2.15. The molecule has 0 spiro atoms. The van der Waals surface area contributed by atoms with E-state index in [4.69, 9.17) is 21.4 Å². The molecule has 94 valence electrons. The molecule has 0 bridgehead atoms. The quantitative estimate of drug-likeness (QED) is 0.821. The lowest BCUT2D eigenvalue weighted by atomic mass is 10.00. The summed E-state index contributed by atoms with van der Waals surface area (Å²) in [7, 11) is 0. The number of carbonyl (C=O) groups is 1. The molecule has 0 fully saturated rings. The number of carboxylic acids is 1. The molecule has 0 aliphatic carbocycles. The zero-order chi connectivity index (χ0) is 13.0. The SMILES string of the molecule is CCOc1cc(C)c(C(Cl)CC(=O)O)cc1C. The Morgan fingerprint density at radius 1 is 1.41 bits per heavy atom. The van der Waals surface area contributed by atoms with E-state index in [1.54, 1.807) is 0 Å². The summed E-state index contributed by atoms with van der Waals surface area (Å²) in [5.74, 6) is -0.0659. The van der Waals surface area contributed by atoms with Gasteiger partial charge >= 0.3 is 5.97 Å². The first kappa shape index (κ1) is 13.8. The summed E-state index contributed by atoms with van der Waals surface area (Å²) < 4.78 is 5.47. The van der Waals surface area contributed by atoms with Crippen molar-refractivity contribution in [2.75, 3.05) is 6.61 Å². The molecule has 0 saturated heterocycles. The molecule has 1 rings (SSSR count). The maximum absolute atomic E-state index is 10.6. The molecule has 17 heavy (non-hydrogen) atoms. The first-order valence-electron chi connectivity index (χ1n) is 5.55. The van der Waals surface area contributed by atoms with Crippen LogP contribution < -0.4 is 4.74 Å². The van der Waals surface area contributed by atoms with Crippen LogP contribution in [0.2, 0.25) is 0 Å². The molecule has 0 aromatic heterocycles. The molecular weight excluding hydrogens is 240 g/mol. The van der Waals surface area contributed by atoms with Crippen molar-refractivity contribution in [1.82, 2.24) is 0 Å². The van der Waals surface area contributed by atoms with Crippen LogP contribution in [0.1, 0.15) is 35.4 Å². The predicted molar refractivity (Wildman–Crippen MR) is 67.9 cm³/mol. The van der Waals surface area contributed by atoms with Crippen LogP contribution in [-0.4, -0.2) is 17.7 Å². The smallest absolute Gasteiger partial charge is 0.305 e. The monoisotopic (exact) mass is 256 g/mol. The summed E-state index contributed by atoms with van der Waals surface area (Å²) >= 11 is 6.09. The molecule has 1 atom stereocenters. The van der Waals surface area contributed by atoms with Crippen LogP contribution in [0, 0.1) is 13.8 Å². The zero-order valence-electron chi connectivity index (χ0n) is 10.3. The number of alkyl halides is 1. The van der Waals surface area contributed by atoms with Crippen LogP contribution in [0.25, 0.3) is 0 Å². The molecule has 1 N–H and O–H groups in total. The first-order valence-corrected chi connectivity index (χ1v) is 5.99. The highest BCUT2D eigenvalue weighted by atomic mass is 35.5. The number of rotatable bonds is 5. The minimum absolute atomic E-state index is 0.0736. The molecule has 4 heteroatoms. The second-order valence-electron chi connectivity index (χ2n) is 3.97. The molecule has 0 radical (unpaired) electrons. The van der Waals surface area contributed by atoms with Gasteiger partial charge in [-0.1, -0.05) is 6.07 Å². The lowest BCUT2D eigenvalue weighted by Crippen LogP contribution is -2.04. The van der Waals surface area contributed by atoms with E-state index >= 15 is 0 Å². The van der Waals surface area contributed by atoms with Crippen molar-refractivity contribution in [1.29, 1.82) is 0 Å². The molecule has 1 aromatic rings. The van der Waals surface area contributed by atoms with Gasteiger partial charge in [-0.25, -0.2) is 0 Å². The number of halogens is 1. The molecule has 0 heterocycles. The van der Waals surface area contributed by atoms with E-state index in [-0.39, 0.29) is 6.42 Å². The summed E-state index contributed by atoms with van der Waals surface area (Å²) in [5.41, 5.74) is 2.79. The lowest BCUT2D eigenvalue weighted by molar-refractivity contribution is -0.137. The third kappa shape index (κ3) is 3.63. The van der Waals surface area contributed by atoms with Gasteiger partial charge in [0.1, 0.15) is 5.75 Å². The fraction of sp³-hybridized carbons (Fsp3) is 0.462. The molecule has 0 aliphatic heterocycles. The first-order chi connectivity index (χ1) is 7.95. The molecule has 3 nitrogen and oxygen atoms in total. The Labute approximate surface area is 106 Å². The maximum atomic E-state index is 10.6. The van der Waals surface area contributed by atoms with Crippen molar-refractivity contribution in [2.45, 2.75) is 32.6 Å². The number of carboxylic acid groups (broad SMARTS) is 1. The van der Waals surface area contributed by atoms with Crippen molar-refractivity contribution in [2.24, 2.45) is 0 Å². The second kappa shape index (κ2) is 5.92. The average molecular weight is 257 g/mol. The average Bonchev–Trinajstić information content (AvgIpc) is 2.22. The number of hydrogen-bond acceptors (Lipinski definition) is 2. The second-order valence-corrected chi connectivity index (χ2v) is 4.50. The number of aryl methyl sites for hydroxylation is 2. The Kier molecular flexibility index (Phi) is 4.82. The molecule has 0 saturated carbocycles. The molecule has 1 unspecified atom stereocenters. The van der Waals surface area contributed by atoms with Gasteiger partial charge in [0.15, 0.2) is 0 Å². The van der Waals surface area contributed by atoms with E-state index in [9.17, 15) is 4.79 Å². The minimum atomic E-state index is -0.893. The van der Waals surface area contributed by atoms with E-state index in [1.165, 1.54) is 0 Å². The topological polar surface area (TPSA) is 46.5 Å². The molecule has 1 aromatic carbocycles. The van der Waals surface area contributed by atoms with Crippen LogP contribution in [0.5, 0.6) is 5.75 Å². The summed E-state index contributed by atoms with van der Waals surface area (Å²) in [4.78, 5) is 10.6. The van der Waals surface area contributed by atoms with E-state index in [2.05, 4.69) is 0 Å². The Morgan fingerprint density at radius 3 is 2.59 bits per heavy atom. The Balaban J connectivity index is 3.02. The Bertz CT molecular complexity index is 415. The van der Waals surface area contributed by atoms with Gasteiger partial charge in [-0.05, 0) is 43.5 Å². The maximum Gasteiger partial charge on any atom is 0.305 e. The van der Waals surface area contributed by atoms with Crippen LogP contribution in [0.3, 0.4) is 0 Å². The minimum Gasteiger partial charge on any atom is -0.494 e. The molecule has 0 amide bonds. The number of benzene rings is 1. The van der Waals surface area contributed by atoms with E-state index in [0.717, 1.165) is 22.4 Å². The number of ether oxygens (including phenoxy) is 1. The van der Waals surface area contributed by atoms with Gasteiger partial charge in [0, 0.05) is 0 Å². The highest BCUT2D eigenvalue weighted by Crippen LogP contribution is 2.31. The normalized spacial score (nSPS) is 12.2. The van der Waals surface area contributed by atoms with Gasteiger partial charge in [-0.2, -0.15) is 0 Å². The van der Waals surface area contributed by atoms with Gasteiger partial charge in [-0.3, -0.25) is 4.79 Å². The number of aliphatic carboxylic acids is 1. The summed E-state index contributed by atoms with van der Waals surface area (Å²) in [6, 6.07) is 3.81. The summed E-state index contributed by atoms with van der Waals surface area (Å²) in [5, 5.41) is 8.24. The van der Waals surface area contributed by atoms with Crippen LogP contribution >= 0.6 is 11.6 Å². The van der Waals surface area contributed by atoms with Crippen molar-refractivity contribution in [3.05, 3.63) is 28.8 Å². The van der Waals surface area contributed by atoms with Crippen molar-refractivity contribution in [3.63, 3.8) is 0 Å². The van der Waals surface area contributed by atoms with Gasteiger partial charge in [0.25, 0.3) is 0 Å². The van der Waals surface area contributed by atoms with Crippen molar-refractivity contribution in [3.8, 4) is 5.75 Å². The fourth-order valence-corrected chi connectivity index (χ4v) is 2.09. The van der Waals surface area contributed by atoms with E-state index in [1.807, 2.05) is 32.9 Å². The van der Waals surface area contributed by atoms with Gasteiger partial charge in [0.2, 0.25) is 0 Å². The zero-order valence-corrected chi connectivity index (χ0v) is 11.0. The summed E-state index contributed by atoms with van der Waals surface area (Å²) in [6.45, 7) is 6.38. The summed E-state index contributed by atoms with van der Waals surface area (Å²) in [6.07, 6.45) is -0.0736. The largest absolute Gasteiger partial charge is 0.494 e. The van der Waals surface area contributed by atoms with Crippen LogP contribution in [0.4, 0.5) is 0 Å². The third-order valence-corrected chi connectivity index (χ3v) is 2.94. The fourth-order valence-electron chi connectivity index (χ4n) is 1.72. The van der Waals surface area contributed by atoms with E-state index < -0.39 is 11.3 Å². The van der Waals surface area contributed by atoms with Gasteiger partial charge in [-0.15, -0.1) is 11.6 Å². The third-order valence-electron chi connectivity index (χ3n) is 2.55. The Hall–Kier alpha value is -1.22. The van der Waals surface area contributed by atoms with E-state index in [0.29, 0.717) is 6.61 Å².